The van der Waals surface area contributed by atoms with E-state index < -0.39 is 40.5 Å². The number of alkyl halides is 3. The molecule has 1 amide bonds. The summed E-state index contributed by atoms with van der Waals surface area (Å²) in [7, 11) is -4.29. The first-order valence-electron chi connectivity index (χ1n) is 9.25. The van der Waals surface area contributed by atoms with Crippen molar-refractivity contribution in [3.63, 3.8) is 0 Å². The van der Waals surface area contributed by atoms with Gasteiger partial charge in [-0.05, 0) is 42.7 Å². The molecule has 0 spiro atoms. The van der Waals surface area contributed by atoms with Gasteiger partial charge in [0.25, 0.3) is 0 Å². The highest BCUT2D eigenvalue weighted by atomic mass is 35.5. The van der Waals surface area contributed by atoms with Crippen molar-refractivity contribution in [1.82, 2.24) is 9.62 Å². The summed E-state index contributed by atoms with van der Waals surface area (Å²) >= 11 is 5.84. The van der Waals surface area contributed by atoms with Crippen LogP contribution in [0.25, 0.3) is 0 Å². The van der Waals surface area contributed by atoms with Gasteiger partial charge in [-0.3, -0.25) is 4.79 Å². The first-order valence-corrected chi connectivity index (χ1v) is 11.1. The molecular formula is C20H20ClF3N2O3S. The number of halogens is 4. The molecule has 0 aliphatic carbocycles. The van der Waals surface area contributed by atoms with Gasteiger partial charge in [0.15, 0.2) is 0 Å². The largest absolute Gasteiger partial charge is 0.391 e. The van der Waals surface area contributed by atoms with E-state index in [2.05, 4.69) is 5.32 Å². The average Bonchev–Trinajstić information content (AvgIpc) is 2.89. The first kappa shape index (κ1) is 22.6. The van der Waals surface area contributed by atoms with Crippen molar-refractivity contribution in [3.8, 4) is 0 Å². The van der Waals surface area contributed by atoms with Crippen LogP contribution >= 0.6 is 11.6 Å². The van der Waals surface area contributed by atoms with Gasteiger partial charge in [-0.1, -0.05) is 41.9 Å². The van der Waals surface area contributed by atoms with Gasteiger partial charge in [0.2, 0.25) is 15.9 Å². The van der Waals surface area contributed by atoms with E-state index >= 15 is 0 Å². The number of benzene rings is 2. The summed E-state index contributed by atoms with van der Waals surface area (Å²) in [6.07, 6.45) is -5.48. The Balaban J connectivity index is 2.05. The second-order valence-corrected chi connectivity index (χ2v) is 9.39. The lowest BCUT2D eigenvalue weighted by atomic mass is 9.97. The van der Waals surface area contributed by atoms with Gasteiger partial charge in [-0.25, -0.2) is 8.42 Å². The van der Waals surface area contributed by atoms with E-state index in [1.165, 1.54) is 24.3 Å². The molecule has 2 aromatic carbocycles. The second kappa shape index (κ2) is 8.95. The molecule has 0 aromatic heterocycles. The molecule has 2 atom stereocenters. The molecule has 0 radical (unpaired) electrons. The lowest BCUT2D eigenvalue weighted by molar-refractivity contribution is -0.179. The van der Waals surface area contributed by atoms with Gasteiger partial charge in [0.1, 0.15) is 6.04 Å². The Hall–Kier alpha value is -2.10. The second-order valence-electron chi connectivity index (χ2n) is 7.06. The molecular weight excluding hydrogens is 441 g/mol. The third-order valence-corrected chi connectivity index (χ3v) is 7.14. The van der Waals surface area contributed by atoms with Crippen LogP contribution in [-0.4, -0.2) is 37.4 Å². The molecule has 1 aliphatic rings. The van der Waals surface area contributed by atoms with Crippen LogP contribution in [0.2, 0.25) is 5.02 Å². The number of amides is 1. The maximum absolute atomic E-state index is 13.5. The van der Waals surface area contributed by atoms with Crippen molar-refractivity contribution in [3.05, 3.63) is 65.2 Å². The monoisotopic (exact) mass is 460 g/mol. The maximum Gasteiger partial charge on any atom is 0.391 e. The average molecular weight is 461 g/mol. The van der Waals surface area contributed by atoms with Crippen LogP contribution in [0.15, 0.2) is 59.5 Å². The van der Waals surface area contributed by atoms with E-state index in [4.69, 9.17) is 11.6 Å². The SMILES string of the molecule is O=C1NCCC(C(F)(F)F)CC1N(Cc1ccccc1)S(=O)(=O)c1ccc(Cl)cc1. The number of hydrogen-bond donors (Lipinski definition) is 1. The minimum Gasteiger partial charge on any atom is -0.355 e. The minimum atomic E-state index is -4.53. The van der Waals surface area contributed by atoms with E-state index in [1.54, 1.807) is 30.3 Å². The van der Waals surface area contributed by atoms with E-state index in [0.717, 1.165) is 4.31 Å². The molecule has 0 saturated carbocycles. The fourth-order valence-corrected chi connectivity index (χ4v) is 5.11. The summed E-state index contributed by atoms with van der Waals surface area (Å²) in [6.45, 7) is -0.409. The number of rotatable bonds is 5. The molecule has 0 bridgehead atoms. The van der Waals surface area contributed by atoms with Crippen LogP contribution in [0, 0.1) is 5.92 Å². The van der Waals surface area contributed by atoms with Crippen molar-refractivity contribution in [2.75, 3.05) is 6.54 Å². The van der Waals surface area contributed by atoms with E-state index in [-0.39, 0.29) is 24.4 Å². The van der Waals surface area contributed by atoms with Crippen LogP contribution in [0.3, 0.4) is 0 Å². The number of carbonyl (C=O) groups is 1. The number of sulfonamides is 1. The Morgan fingerprint density at radius 3 is 2.30 bits per heavy atom. The zero-order chi connectivity index (χ0) is 21.9. The summed E-state index contributed by atoms with van der Waals surface area (Å²) in [4.78, 5) is 12.5. The number of carbonyl (C=O) groups excluding carboxylic acids is 1. The molecule has 1 saturated heterocycles. The molecule has 3 rings (SSSR count). The van der Waals surface area contributed by atoms with Crippen molar-refractivity contribution < 1.29 is 26.4 Å². The van der Waals surface area contributed by atoms with Crippen LogP contribution in [0.4, 0.5) is 13.2 Å². The Morgan fingerprint density at radius 1 is 1.07 bits per heavy atom. The normalized spacial score (nSPS) is 20.6. The predicted molar refractivity (Wildman–Crippen MR) is 106 cm³/mol. The summed E-state index contributed by atoms with van der Waals surface area (Å²) in [5.41, 5.74) is 0.552. The standard InChI is InChI=1S/C20H20ClF3N2O3S/c21-16-6-8-17(9-7-16)30(28,29)26(13-14-4-2-1-3-5-14)18-12-15(20(22,23)24)10-11-25-19(18)27/h1-9,15,18H,10-13H2,(H,25,27). The lowest BCUT2D eigenvalue weighted by Crippen LogP contribution is -2.49. The summed E-state index contributed by atoms with van der Waals surface area (Å²) < 4.78 is 68.0. The quantitative estimate of drug-likeness (QED) is 0.733. The van der Waals surface area contributed by atoms with Crippen molar-refractivity contribution in [2.45, 2.75) is 36.5 Å². The Kier molecular flexibility index (Phi) is 6.74. The highest BCUT2D eigenvalue weighted by molar-refractivity contribution is 7.89. The van der Waals surface area contributed by atoms with Crippen molar-refractivity contribution >= 4 is 27.5 Å². The predicted octanol–water partition coefficient (Wildman–Crippen LogP) is 3.99. The third-order valence-electron chi connectivity index (χ3n) is 5.01. The van der Waals surface area contributed by atoms with E-state index in [1.807, 2.05) is 0 Å². The maximum atomic E-state index is 13.5. The zero-order valence-corrected chi connectivity index (χ0v) is 17.3. The Labute approximate surface area is 177 Å². The van der Waals surface area contributed by atoms with E-state index in [0.29, 0.717) is 10.6 Å². The molecule has 10 heteroatoms. The summed E-state index contributed by atoms with van der Waals surface area (Å²) in [5.74, 6) is -2.53. The molecule has 5 nitrogen and oxygen atoms in total. The fraction of sp³-hybridized carbons (Fsp3) is 0.350. The van der Waals surface area contributed by atoms with Gasteiger partial charge in [0.05, 0.1) is 10.8 Å². The Morgan fingerprint density at radius 2 is 1.70 bits per heavy atom. The third kappa shape index (κ3) is 5.14. The minimum absolute atomic E-state index is 0.150. The number of nitrogens with one attached hydrogen (secondary N) is 1. The Bertz CT molecular complexity index is 983. The van der Waals surface area contributed by atoms with Gasteiger partial charge in [0, 0.05) is 18.1 Å². The fourth-order valence-electron chi connectivity index (χ4n) is 3.40. The van der Waals surface area contributed by atoms with Crippen LogP contribution in [0.5, 0.6) is 0 Å². The smallest absolute Gasteiger partial charge is 0.355 e. The molecule has 1 heterocycles. The molecule has 1 fully saturated rings. The summed E-state index contributed by atoms with van der Waals surface area (Å²) in [5, 5.41) is 2.74. The zero-order valence-electron chi connectivity index (χ0n) is 15.8. The van der Waals surface area contributed by atoms with E-state index in [9.17, 15) is 26.4 Å². The molecule has 30 heavy (non-hydrogen) atoms. The molecule has 1 aliphatic heterocycles. The van der Waals surface area contributed by atoms with Crippen LogP contribution < -0.4 is 5.32 Å². The number of nitrogens with zero attached hydrogens (tertiary/aromatic N) is 1. The van der Waals surface area contributed by atoms with Crippen LogP contribution in [-0.2, 0) is 21.4 Å². The summed E-state index contributed by atoms with van der Waals surface area (Å²) in [6, 6.07) is 12.2. The molecule has 1 N–H and O–H groups in total. The van der Waals surface area contributed by atoms with Gasteiger partial charge in [-0.2, -0.15) is 17.5 Å². The highest BCUT2D eigenvalue weighted by Gasteiger charge is 2.46. The van der Waals surface area contributed by atoms with Crippen LogP contribution in [0.1, 0.15) is 18.4 Å². The van der Waals surface area contributed by atoms with Gasteiger partial charge < -0.3 is 5.32 Å². The van der Waals surface area contributed by atoms with Gasteiger partial charge in [-0.15, -0.1) is 0 Å². The van der Waals surface area contributed by atoms with Crippen molar-refractivity contribution in [1.29, 1.82) is 0 Å². The highest BCUT2D eigenvalue weighted by Crippen LogP contribution is 2.36. The molecule has 162 valence electrons. The van der Waals surface area contributed by atoms with Gasteiger partial charge >= 0.3 is 6.18 Å². The topological polar surface area (TPSA) is 66.5 Å². The lowest BCUT2D eigenvalue weighted by Gasteiger charge is -2.31. The molecule has 2 aromatic rings. The number of hydrogen-bond acceptors (Lipinski definition) is 3. The molecule has 2 unspecified atom stereocenters. The van der Waals surface area contributed by atoms with Crippen molar-refractivity contribution in [2.24, 2.45) is 5.92 Å². The first-order chi connectivity index (χ1) is 14.1.